The lowest BCUT2D eigenvalue weighted by molar-refractivity contribution is 0.0988. The number of methoxy groups -OCH3 is 1. The van der Waals surface area contributed by atoms with Gasteiger partial charge in [0.2, 0.25) is 5.82 Å². The Hall–Kier alpha value is -3.35. The first-order valence-corrected chi connectivity index (χ1v) is 8.69. The molecule has 1 atom stereocenters. The van der Waals surface area contributed by atoms with Gasteiger partial charge in [-0.25, -0.2) is 0 Å². The zero-order valence-electron chi connectivity index (χ0n) is 15.5. The minimum atomic E-state index is -0.675. The van der Waals surface area contributed by atoms with E-state index >= 15 is 0 Å². The number of hydrogen-bond donors (Lipinski definition) is 2. The molecule has 1 unspecified atom stereocenters. The van der Waals surface area contributed by atoms with E-state index in [4.69, 9.17) is 10.5 Å². The third-order valence-electron chi connectivity index (χ3n) is 4.64. The molecule has 3 rings (SSSR count). The molecular formula is C20H22N4O3. The van der Waals surface area contributed by atoms with Gasteiger partial charge in [-0.1, -0.05) is 13.8 Å². The maximum absolute atomic E-state index is 11.9. The number of nitrogens with two attached hydrogens (primary N) is 1. The van der Waals surface area contributed by atoms with E-state index in [9.17, 15) is 9.90 Å². The van der Waals surface area contributed by atoms with Gasteiger partial charge in [-0.15, -0.1) is 10.2 Å². The average Bonchev–Trinajstić information content (AvgIpc) is 3.13. The first-order valence-electron chi connectivity index (χ1n) is 8.69. The summed E-state index contributed by atoms with van der Waals surface area (Å²) in [4.78, 5) is 11.9. The van der Waals surface area contributed by atoms with Crippen molar-refractivity contribution < 1.29 is 14.6 Å². The van der Waals surface area contributed by atoms with Crippen LogP contribution in [0.5, 0.6) is 11.5 Å². The third-order valence-corrected chi connectivity index (χ3v) is 4.64. The van der Waals surface area contributed by atoms with Crippen LogP contribution in [0.3, 0.4) is 0 Å². The second kappa shape index (κ2) is 7.49. The molecule has 0 radical (unpaired) electrons. The number of benzene rings is 2. The Morgan fingerprint density at radius 3 is 2.52 bits per heavy atom. The van der Waals surface area contributed by atoms with E-state index in [1.807, 2.05) is 13.0 Å². The summed E-state index contributed by atoms with van der Waals surface area (Å²) in [7, 11) is 1.58. The quantitative estimate of drug-likeness (QED) is 0.697. The molecule has 0 spiro atoms. The summed E-state index contributed by atoms with van der Waals surface area (Å²) in [5.41, 5.74) is 7.73. The number of carbonyl (C=O) groups is 1. The number of hydrogen-bond acceptors (Lipinski definition) is 5. The summed E-state index contributed by atoms with van der Waals surface area (Å²) in [6, 6.07) is 12.4. The highest BCUT2D eigenvalue weighted by molar-refractivity contribution is 5.90. The fourth-order valence-corrected chi connectivity index (χ4v) is 2.91. The van der Waals surface area contributed by atoms with Crippen molar-refractivity contribution in [1.82, 2.24) is 14.8 Å². The standard InChI is InChI=1S/C20H22N4O3/c1-4-12(2)16-11-13(5-10-17(16)25)19-22-23-20(18(21)26)24(19)14-6-8-15(27-3)9-7-14/h5-12,25H,4H2,1-3H3,(H2,21,26). The molecule has 0 saturated carbocycles. The number of primary amides is 1. The van der Waals surface area contributed by atoms with Gasteiger partial charge in [-0.2, -0.15) is 0 Å². The summed E-state index contributed by atoms with van der Waals surface area (Å²) in [6.07, 6.45) is 0.884. The first kappa shape index (κ1) is 18.4. The maximum Gasteiger partial charge on any atom is 0.287 e. The van der Waals surface area contributed by atoms with Crippen molar-refractivity contribution in [3.05, 3.63) is 53.9 Å². The zero-order valence-corrected chi connectivity index (χ0v) is 15.5. The van der Waals surface area contributed by atoms with E-state index in [-0.39, 0.29) is 17.5 Å². The summed E-state index contributed by atoms with van der Waals surface area (Å²) in [5, 5.41) is 18.3. The highest BCUT2D eigenvalue weighted by atomic mass is 16.5. The van der Waals surface area contributed by atoms with Gasteiger partial charge in [0.1, 0.15) is 11.5 Å². The largest absolute Gasteiger partial charge is 0.508 e. The molecule has 1 aromatic heterocycles. The fraction of sp³-hybridized carbons (Fsp3) is 0.250. The molecule has 1 amide bonds. The smallest absolute Gasteiger partial charge is 0.287 e. The van der Waals surface area contributed by atoms with Crippen LogP contribution >= 0.6 is 0 Å². The van der Waals surface area contributed by atoms with Gasteiger partial charge >= 0.3 is 0 Å². The Kier molecular flexibility index (Phi) is 5.12. The van der Waals surface area contributed by atoms with Gasteiger partial charge < -0.3 is 15.6 Å². The number of ether oxygens (including phenoxy) is 1. The molecule has 0 fully saturated rings. The summed E-state index contributed by atoms with van der Waals surface area (Å²) < 4.78 is 6.79. The highest BCUT2D eigenvalue weighted by Gasteiger charge is 2.20. The molecular weight excluding hydrogens is 344 g/mol. The lowest BCUT2D eigenvalue weighted by Crippen LogP contribution is -2.17. The molecule has 0 bridgehead atoms. The number of phenols is 1. The molecule has 0 aliphatic carbocycles. The van der Waals surface area contributed by atoms with Crippen LogP contribution in [0.15, 0.2) is 42.5 Å². The Bertz CT molecular complexity index is 964. The predicted molar refractivity (Wildman–Crippen MR) is 102 cm³/mol. The number of amides is 1. The number of nitrogens with zero attached hydrogens (tertiary/aromatic N) is 3. The Balaban J connectivity index is 2.18. The van der Waals surface area contributed by atoms with E-state index in [0.29, 0.717) is 17.3 Å². The molecule has 27 heavy (non-hydrogen) atoms. The van der Waals surface area contributed by atoms with Gasteiger partial charge in [0, 0.05) is 11.3 Å². The van der Waals surface area contributed by atoms with Crippen molar-refractivity contribution in [2.45, 2.75) is 26.2 Å². The topological polar surface area (TPSA) is 103 Å². The maximum atomic E-state index is 11.9. The Morgan fingerprint density at radius 1 is 1.22 bits per heavy atom. The van der Waals surface area contributed by atoms with Crippen LogP contribution < -0.4 is 10.5 Å². The molecule has 0 saturated heterocycles. The second-order valence-corrected chi connectivity index (χ2v) is 6.33. The molecule has 7 heteroatoms. The summed E-state index contributed by atoms with van der Waals surface area (Å²) in [6.45, 7) is 4.10. The van der Waals surface area contributed by atoms with Crippen LogP contribution in [-0.2, 0) is 0 Å². The normalized spacial score (nSPS) is 12.0. The van der Waals surface area contributed by atoms with Gasteiger partial charge in [0.25, 0.3) is 5.91 Å². The number of rotatable bonds is 6. The third kappa shape index (κ3) is 3.48. The molecule has 3 N–H and O–H groups in total. The molecule has 3 aromatic rings. The van der Waals surface area contributed by atoms with Crippen LogP contribution in [0.2, 0.25) is 0 Å². The summed E-state index contributed by atoms with van der Waals surface area (Å²) >= 11 is 0. The van der Waals surface area contributed by atoms with Crippen LogP contribution in [0.4, 0.5) is 0 Å². The number of carbonyl (C=O) groups excluding carboxylic acids is 1. The molecule has 0 aliphatic rings. The van der Waals surface area contributed by atoms with E-state index < -0.39 is 5.91 Å². The lowest BCUT2D eigenvalue weighted by Gasteiger charge is -2.14. The monoisotopic (exact) mass is 366 g/mol. The van der Waals surface area contributed by atoms with E-state index in [1.165, 1.54) is 0 Å². The van der Waals surface area contributed by atoms with Crippen LogP contribution in [0, 0.1) is 0 Å². The second-order valence-electron chi connectivity index (χ2n) is 6.33. The molecule has 0 aliphatic heterocycles. The minimum Gasteiger partial charge on any atom is -0.508 e. The number of aromatic hydroxyl groups is 1. The number of phenolic OH excluding ortho intramolecular Hbond substituents is 1. The van der Waals surface area contributed by atoms with E-state index in [2.05, 4.69) is 17.1 Å². The highest BCUT2D eigenvalue weighted by Crippen LogP contribution is 2.33. The van der Waals surface area contributed by atoms with Crippen molar-refractivity contribution in [3.8, 4) is 28.6 Å². The predicted octanol–water partition coefficient (Wildman–Crippen LogP) is 3.26. The van der Waals surface area contributed by atoms with Crippen LogP contribution in [0.25, 0.3) is 17.1 Å². The molecule has 7 nitrogen and oxygen atoms in total. The lowest BCUT2D eigenvalue weighted by atomic mass is 9.95. The Morgan fingerprint density at radius 2 is 1.93 bits per heavy atom. The van der Waals surface area contributed by atoms with Gasteiger partial charge in [0.15, 0.2) is 5.82 Å². The van der Waals surface area contributed by atoms with E-state index in [1.54, 1.807) is 48.1 Å². The van der Waals surface area contributed by atoms with Gasteiger partial charge in [-0.05, 0) is 60.4 Å². The molecule has 2 aromatic carbocycles. The Labute approximate surface area is 157 Å². The first-order chi connectivity index (χ1) is 13.0. The van der Waals surface area contributed by atoms with Crippen molar-refractivity contribution in [2.24, 2.45) is 5.73 Å². The van der Waals surface area contributed by atoms with Crippen molar-refractivity contribution in [1.29, 1.82) is 0 Å². The van der Waals surface area contributed by atoms with E-state index in [0.717, 1.165) is 17.5 Å². The minimum absolute atomic E-state index is 0.0355. The van der Waals surface area contributed by atoms with Crippen LogP contribution in [0.1, 0.15) is 42.4 Å². The molecule has 140 valence electrons. The van der Waals surface area contributed by atoms with Crippen LogP contribution in [-0.4, -0.2) is 32.9 Å². The SMILES string of the molecule is CCC(C)c1cc(-c2nnc(C(N)=O)n2-c2ccc(OC)cc2)ccc1O. The van der Waals surface area contributed by atoms with Crippen molar-refractivity contribution in [2.75, 3.05) is 7.11 Å². The van der Waals surface area contributed by atoms with Gasteiger partial charge in [0.05, 0.1) is 7.11 Å². The fourth-order valence-electron chi connectivity index (χ4n) is 2.91. The molecule has 1 heterocycles. The zero-order chi connectivity index (χ0) is 19.6. The summed E-state index contributed by atoms with van der Waals surface area (Å²) in [5.74, 6) is 0.937. The van der Waals surface area contributed by atoms with Gasteiger partial charge in [-0.3, -0.25) is 9.36 Å². The van der Waals surface area contributed by atoms with Crippen molar-refractivity contribution in [3.63, 3.8) is 0 Å². The number of aromatic nitrogens is 3. The van der Waals surface area contributed by atoms with Crippen molar-refractivity contribution >= 4 is 5.91 Å². The average molecular weight is 366 g/mol.